The van der Waals surface area contributed by atoms with Gasteiger partial charge in [0.05, 0.1) is 5.75 Å². The van der Waals surface area contributed by atoms with E-state index in [2.05, 4.69) is 0 Å². The molecule has 0 amide bonds. The molecule has 0 aromatic heterocycles. The van der Waals surface area contributed by atoms with Crippen molar-refractivity contribution < 1.29 is 13.2 Å². The second kappa shape index (κ2) is 8.58. The second-order valence-electron chi connectivity index (χ2n) is 2.94. The third-order valence-corrected chi connectivity index (χ3v) is 4.11. The first kappa shape index (κ1) is 15.4. The molecule has 0 aromatic carbocycles. The fraction of sp³-hybridized carbons (Fsp3) is 1.00. The van der Waals surface area contributed by atoms with Gasteiger partial charge in [-0.25, -0.2) is 8.42 Å². The molecule has 0 saturated carbocycles. The van der Waals surface area contributed by atoms with Crippen molar-refractivity contribution in [3.8, 4) is 0 Å². The molecule has 4 nitrogen and oxygen atoms in total. The minimum atomic E-state index is -3.23. The summed E-state index contributed by atoms with van der Waals surface area (Å²) in [6, 6.07) is 0. The van der Waals surface area contributed by atoms with Gasteiger partial charge < -0.3 is 4.74 Å². The van der Waals surface area contributed by atoms with Crippen molar-refractivity contribution in [2.45, 2.75) is 6.42 Å². The molecule has 0 aliphatic heterocycles. The molecule has 0 saturated heterocycles. The maximum absolute atomic E-state index is 11.7. The van der Waals surface area contributed by atoms with Crippen molar-refractivity contribution in [3.63, 3.8) is 0 Å². The molecule has 0 fully saturated rings. The number of sulfonamides is 1. The van der Waals surface area contributed by atoms with Crippen molar-refractivity contribution in [1.82, 2.24) is 4.31 Å². The normalized spacial score (nSPS) is 12.3. The van der Waals surface area contributed by atoms with Gasteiger partial charge in [-0.15, -0.1) is 23.2 Å². The van der Waals surface area contributed by atoms with Crippen LogP contribution in [-0.4, -0.2) is 57.0 Å². The third-order valence-electron chi connectivity index (χ3n) is 1.81. The van der Waals surface area contributed by atoms with E-state index in [0.29, 0.717) is 26.1 Å². The molecular weight excluding hydrogens is 261 g/mol. The number of alkyl halides is 2. The summed E-state index contributed by atoms with van der Waals surface area (Å²) in [5.74, 6) is 0.634. The summed E-state index contributed by atoms with van der Waals surface area (Å²) in [6.45, 7) is 1.06. The average Bonchev–Trinajstić information content (AvgIpc) is 2.18. The van der Waals surface area contributed by atoms with Gasteiger partial charge in [0.2, 0.25) is 10.0 Å². The van der Waals surface area contributed by atoms with Gasteiger partial charge in [0.25, 0.3) is 0 Å². The Labute approximate surface area is 102 Å². The Morgan fingerprint density at radius 3 is 2.13 bits per heavy atom. The van der Waals surface area contributed by atoms with E-state index in [0.717, 1.165) is 0 Å². The molecule has 0 rings (SSSR count). The van der Waals surface area contributed by atoms with Gasteiger partial charge in [0.15, 0.2) is 0 Å². The Morgan fingerprint density at radius 1 is 1.20 bits per heavy atom. The zero-order chi connectivity index (χ0) is 11.7. The Bertz CT molecular complexity index is 240. The summed E-state index contributed by atoms with van der Waals surface area (Å²) in [7, 11) is -1.69. The Hall–Kier alpha value is 0.450. The first-order chi connectivity index (χ1) is 7.08. The van der Waals surface area contributed by atoms with Gasteiger partial charge in [-0.3, -0.25) is 0 Å². The lowest BCUT2D eigenvalue weighted by atomic mass is 10.5. The van der Waals surface area contributed by atoms with E-state index in [4.69, 9.17) is 27.9 Å². The molecule has 0 aliphatic rings. The lowest BCUT2D eigenvalue weighted by Gasteiger charge is -2.19. The van der Waals surface area contributed by atoms with E-state index < -0.39 is 10.0 Å². The average molecular weight is 278 g/mol. The van der Waals surface area contributed by atoms with Crippen LogP contribution in [0, 0.1) is 0 Å². The summed E-state index contributed by atoms with van der Waals surface area (Å²) in [5, 5.41) is 0. The lowest BCUT2D eigenvalue weighted by Crippen LogP contribution is -2.36. The molecule has 15 heavy (non-hydrogen) atoms. The molecule has 0 aromatic rings. The van der Waals surface area contributed by atoms with E-state index in [1.165, 1.54) is 4.31 Å². The fourth-order valence-corrected chi connectivity index (χ4v) is 3.18. The van der Waals surface area contributed by atoms with E-state index in [-0.39, 0.29) is 17.5 Å². The molecule has 0 aliphatic carbocycles. The summed E-state index contributed by atoms with van der Waals surface area (Å²) in [5.41, 5.74) is 0. The first-order valence-corrected chi connectivity index (χ1v) is 7.35. The highest BCUT2D eigenvalue weighted by Crippen LogP contribution is 2.04. The van der Waals surface area contributed by atoms with E-state index in [1.54, 1.807) is 7.11 Å². The summed E-state index contributed by atoms with van der Waals surface area (Å²) in [4.78, 5) is 0. The molecule has 0 atom stereocenters. The maximum Gasteiger partial charge on any atom is 0.214 e. The maximum atomic E-state index is 11.7. The zero-order valence-corrected chi connectivity index (χ0v) is 11.1. The highest BCUT2D eigenvalue weighted by Gasteiger charge is 2.20. The first-order valence-electron chi connectivity index (χ1n) is 4.67. The van der Waals surface area contributed by atoms with Gasteiger partial charge in [0.1, 0.15) is 0 Å². The van der Waals surface area contributed by atoms with Crippen molar-refractivity contribution in [2.24, 2.45) is 0 Å². The van der Waals surface area contributed by atoms with Crippen molar-refractivity contribution in [2.75, 3.05) is 44.3 Å². The van der Waals surface area contributed by atoms with Gasteiger partial charge in [-0.1, -0.05) is 0 Å². The third kappa shape index (κ3) is 6.58. The molecule has 0 bridgehead atoms. The predicted octanol–water partition coefficient (Wildman–Crippen LogP) is 1.13. The van der Waals surface area contributed by atoms with Crippen LogP contribution in [-0.2, 0) is 14.8 Å². The van der Waals surface area contributed by atoms with Crippen LogP contribution < -0.4 is 0 Å². The minimum Gasteiger partial charge on any atom is -0.385 e. The monoisotopic (exact) mass is 277 g/mol. The highest BCUT2D eigenvalue weighted by molar-refractivity contribution is 7.89. The van der Waals surface area contributed by atoms with Crippen molar-refractivity contribution in [3.05, 3.63) is 0 Å². The largest absolute Gasteiger partial charge is 0.385 e. The van der Waals surface area contributed by atoms with Gasteiger partial charge in [0, 0.05) is 38.6 Å². The minimum absolute atomic E-state index is 0.0780. The predicted molar refractivity (Wildman–Crippen MR) is 63.3 cm³/mol. The molecular formula is C8H17Cl2NO3S. The van der Waals surface area contributed by atoms with Gasteiger partial charge in [-0.2, -0.15) is 4.31 Å². The molecule has 92 valence electrons. The molecule has 0 spiro atoms. The number of nitrogens with zero attached hydrogens (tertiary/aromatic N) is 1. The van der Waals surface area contributed by atoms with Gasteiger partial charge >= 0.3 is 0 Å². The summed E-state index contributed by atoms with van der Waals surface area (Å²) < 4.78 is 29.6. The van der Waals surface area contributed by atoms with Crippen LogP contribution in [0.5, 0.6) is 0 Å². The Balaban J connectivity index is 4.22. The van der Waals surface area contributed by atoms with Crippen LogP contribution in [0.3, 0.4) is 0 Å². The number of hydrogen-bond acceptors (Lipinski definition) is 3. The van der Waals surface area contributed by atoms with E-state index >= 15 is 0 Å². The summed E-state index contributed by atoms with van der Waals surface area (Å²) in [6.07, 6.45) is 0.486. The molecule has 7 heteroatoms. The van der Waals surface area contributed by atoms with E-state index in [1.807, 2.05) is 0 Å². The van der Waals surface area contributed by atoms with Crippen LogP contribution >= 0.6 is 23.2 Å². The lowest BCUT2D eigenvalue weighted by molar-refractivity contribution is 0.199. The Morgan fingerprint density at radius 2 is 1.73 bits per heavy atom. The quantitative estimate of drug-likeness (QED) is 0.469. The van der Waals surface area contributed by atoms with Crippen molar-refractivity contribution in [1.29, 1.82) is 0 Å². The van der Waals surface area contributed by atoms with Crippen LogP contribution in [0.4, 0.5) is 0 Å². The number of hydrogen-bond donors (Lipinski definition) is 0. The smallest absolute Gasteiger partial charge is 0.214 e. The second-order valence-corrected chi connectivity index (χ2v) is 5.78. The number of ether oxygens (including phenoxy) is 1. The summed E-state index contributed by atoms with van der Waals surface area (Å²) >= 11 is 11.1. The van der Waals surface area contributed by atoms with Crippen LogP contribution in [0.25, 0.3) is 0 Å². The molecule has 0 radical (unpaired) electrons. The van der Waals surface area contributed by atoms with E-state index in [9.17, 15) is 8.42 Å². The molecule has 0 N–H and O–H groups in total. The standard InChI is InChI=1S/C8H17Cl2NO3S/c1-14-7-2-8-15(12,13)11(5-3-9)6-4-10/h2-8H2,1H3. The van der Waals surface area contributed by atoms with Crippen LogP contribution in [0.15, 0.2) is 0 Å². The highest BCUT2D eigenvalue weighted by atomic mass is 35.5. The van der Waals surface area contributed by atoms with Gasteiger partial charge in [-0.05, 0) is 6.42 Å². The Kier molecular flexibility index (Phi) is 8.84. The van der Waals surface area contributed by atoms with Crippen molar-refractivity contribution >= 4 is 33.2 Å². The topological polar surface area (TPSA) is 46.6 Å². The van der Waals surface area contributed by atoms with Crippen LogP contribution in [0.2, 0.25) is 0 Å². The van der Waals surface area contributed by atoms with Crippen LogP contribution in [0.1, 0.15) is 6.42 Å². The SMILES string of the molecule is COCCCS(=O)(=O)N(CCCl)CCCl. The number of rotatable bonds is 9. The zero-order valence-electron chi connectivity index (χ0n) is 8.79. The number of methoxy groups -OCH3 is 1. The number of halogens is 2. The molecule has 0 unspecified atom stereocenters. The molecule has 0 heterocycles. The fourth-order valence-electron chi connectivity index (χ4n) is 1.09.